The van der Waals surface area contributed by atoms with E-state index >= 15 is 0 Å². The Morgan fingerprint density at radius 3 is 2.55 bits per heavy atom. The number of benzene rings is 2. The molecule has 1 aliphatic heterocycles. The summed E-state index contributed by atoms with van der Waals surface area (Å²) in [6, 6.07) is 14.4. The molecule has 1 aromatic heterocycles. The number of carbonyl (C=O) groups is 2. The number of imide groups is 1. The molecule has 0 saturated carbocycles. The van der Waals surface area contributed by atoms with E-state index in [4.69, 9.17) is 11.6 Å². The SMILES string of the molecule is O=C1S/C(=C\c2cccn2-c2ccc(O)cc2)C(=O)N1Cc1c(F)cccc1Cl. The van der Waals surface area contributed by atoms with E-state index in [-0.39, 0.29) is 27.8 Å². The fraction of sp³-hybridized carbons (Fsp3) is 0.0476. The summed E-state index contributed by atoms with van der Waals surface area (Å²) in [5.41, 5.74) is 1.58. The average molecular weight is 429 g/mol. The summed E-state index contributed by atoms with van der Waals surface area (Å²) in [7, 11) is 0. The molecule has 1 saturated heterocycles. The number of phenolic OH excluding ortho intramolecular Hbond substituents is 1. The summed E-state index contributed by atoms with van der Waals surface area (Å²) in [5.74, 6) is -0.921. The fourth-order valence-electron chi connectivity index (χ4n) is 2.97. The monoisotopic (exact) mass is 428 g/mol. The van der Waals surface area contributed by atoms with E-state index in [1.807, 2.05) is 16.8 Å². The van der Waals surface area contributed by atoms with Crippen LogP contribution in [0.5, 0.6) is 5.75 Å². The quantitative estimate of drug-likeness (QED) is 0.579. The summed E-state index contributed by atoms with van der Waals surface area (Å²) >= 11 is 6.82. The zero-order valence-corrected chi connectivity index (χ0v) is 16.5. The highest BCUT2D eigenvalue weighted by molar-refractivity contribution is 8.18. The standard InChI is InChI=1S/C21H14ClFN2O3S/c22-17-4-1-5-18(23)16(17)12-25-20(27)19(29-21(25)28)11-14-3-2-10-24(14)13-6-8-15(26)9-7-13/h1-11,26H,12H2/b19-11-. The van der Waals surface area contributed by atoms with Crippen molar-refractivity contribution < 1.29 is 19.1 Å². The second-order valence-electron chi connectivity index (χ2n) is 6.29. The first kappa shape index (κ1) is 19.3. The third kappa shape index (κ3) is 3.79. The number of amides is 2. The molecule has 0 unspecified atom stereocenters. The van der Waals surface area contributed by atoms with Gasteiger partial charge >= 0.3 is 0 Å². The zero-order chi connectivity index (χ0) is 20.5. The molecule has 2 amide bonds. The van der Waals surface area contributed by atoms with E-state index in [9.17, 15) is 19.1 Å². The second kappa shape index (κ2) is 7.77. The van der Waals surface area contributed by atoms with Gasteiger partial charge in [-0.15, -0.1) is 0 Å². The first-order valence-electron chi connectivity index (χ1n) is 8.59. The normalized spacial score (nSPS) is 15.5. The van der Waals surface area contributed by atoms with Crippen LogP contribution in [-0.4, -0.2) is 25.7 Å². The van der Waals surface area contributed by atoms with Gasteiger partial charge in [0, 0.05) is 28.2 Å². The van der Waals surface area contributed by atoms with Gasteiger partial charge < -0.3 is 9.67 Å². The molecule has 0 atom stereocenters. The Kier molecular flexibility index (Phi) is 5.17. The van der Waals surface area contributed by atoms with Crippen molar-refractivity contribution in [3.8, 4) is 11.4 Å². The van der Waals surface area contributed by atoms with Gasteiger partial charge in [0.1, 0.15) is 11.6 Å². The molecule has 2 aromatic carbocycles. The van der Waals surface area contributed by atoms with Crippen LogP contribution in [0.3, 0.4) is 0 Å². The van der Waals surface area contributed by atoms with Crippen LogP contribution in [0.15, 0.2) is 65.7 Å². The molecular weight excluding hydrogens is 415 g/mol. The Balaban J connectivity index is 1.62. The number of hydrogen-bond donors (Lipinski definition) is 1. The van der Waals surface area contributed by atoms with Crippen molar-refractivity contribution in [2.75, 3.05) is 0 Å². The van der Waals surface area contributed by atoms with Crippen LogP contribution in [-0.2, 0) is 11.3 Å². The van der Waals surface area contributed by atoms with Gasteiger partial charge in [-0.05, 0) is 66.4 Å². The number of rotatable bonds is 4. The molecule has 29 heavy (non-hydrogen) atoms. The average Bonchev–Trinajstić information content (AvgIpc) is 3.25. The molecule has 0 radical (unpaired) electrons. The van der Waals surface area contributed by atoms with E-state index in [1.165, 1.54) is 18.2 Å². The molecule has 3 aromatic rings. The van der Waals surface area contributed by atoms with Crippen LogP contribution in [0.2, 0.25) is 5.02 Å². The lowest BCUT2D eigenvalue weighted by Gasteiger charge is -2.14. The highest BCUT2D eigenvalue weighted by atomic mass is 35.5. The van der Waals surface area contributed by atoms with Crippen LogP contribution < -0.4 is 0 Å². The van der Waals surface area contributed by atoms with Crippen LogP contribution in [0.1, 0.15) is 11.3 Å². The molecule has 5 nitrogen and oxygen atoms in total. The lowest BCUT2D eigenvalue weighted by atomic mass is 10.2. The predicted octanol–water partition coefficient (Wildman–Crippen LogP) is 5.21. The summed E-state index contributed by atoms with van der Waals surface area (Å²) in [4.78, 5) is 26.4. The lowest BCUT2D eigenvalue weighted by Crippen LogP contribution is -2.28. The predicted molar refractivity (Wildman–Crippen MR) is 110 cm³/mol. The minimum absolute atomic E-state index is 0.102. The number of carbonyl (C=O) groups excluding carboxylic acids is 2. The topological polar surface area (TPSA) is 62.5 Å². The number of halogens is 2. The molecule has 146 valence electrons. The van der Waals surface area contributed by atoms with Gasteiger partial charge in [0.2, 0.25) is 0 Å². The molecule has 4 rings (SSSR count). The van der Waals surface area contributed by atoms with Crippen LogP contribution >= 0.6 is 23.4 Å². The maximum absolute atomic E-state index is 14.1. The Hall–Kier alpha value is -3.03. The number of phenols is 1. The van der Waals surface area contributed by atoms with Gasteiger partial charge in [0.05, 0.1) is 11.4 Å². The molecule has 0 aliphatic carbocycles. The molecule has 1 N–H and O–H groups in total. The number of aromatic hydroxyl groups is 1. The zero-order valence-electron chi connectivity index (χ0n) is 14.9. The van der Waals surface area contributed by atoms with Crippen molar-refractivity contribution in [1.29, 1.82) is 0 Å². The number of thioether (sulfide) groups is 1. The molecule has 0 spiro atoms. The van der Waals surface area contributed by atoms with Crippen molar-refractivity contribution in [2.24, 2.45) is 0 Å². The van der Waals surface area contributed by atoms with E-state index in [0.717, 1.165) is 22.3 Å². The Labute approximate surface area is 175 Å². The van der Waals surface area contributed by atoms with Gasteiger partial charge in [0.25, 0.3) is 11.1 Å². The van der Waals surface area contributed by atoms with Crippen LogP contribution in [0.25, 0.3) is 11.8 Å². The van der Waals surface area contributed by atoms with Gasteiger partial charge in [0.15, 0.2) is 0 Å². The first-order chi connectivity index (χ1) is 13.9. The van der Waals surface area contributed by atoms with Crippen molar-refractivity contribution in [3.05, 3.63) is 87.8 Å². The van der Waals surface area contributed by atoms with E-state index in [0.29, 0.717) is 5.69 Å². The summed E-state index contributed by atoms with van der Waals surface area (Å²) in [5, 5.41) is 9.14. The lowest BCUT2D eigenvalue weighted by molar-refractivity contribution is -0.123. The molecule has 1 fully saturated rings. The number of nitrogens with zero attached hydrogens (tertiary/aromatic N) is 2. The summed E-state index contributed by atoms with van der Waals surface area (Å²) < 4.78 is 15.9. The highest BCUT2D eigenvalue weighted by Crippen LogP contribution is 2.35. The fourth-order valence-corrected chi connectivity index (χ4v) is 4.02. The first-order valence-corrected chi connectivity index (χ1v) is 9.78. The molecule has 1 aliphatic rings. The van der Waals surface area contributed by atoms with Crippen LogP contribution in [0, 0.1) is 5.82 Å². The van der Waals surface area contributed by atoms with Gasteiger partial charge in [-0.2, -0.15) is 0 Å². The third-order valence-electron chi connectivity index (χ3n) is 4.44. The minimum atomic E-state index is -0.568. The van der Waals surface area contributed by atoms with Crippen molar-refractivity contribution in [2.45, 2.75) is 6.54 Å². The molecule has 2 heterocycles. The molecule has 8 heteroatoms. The third-order valence-corrected chi connectivity index (χ3v) is 5.70. The maximum Gasteiger partial charge on any atom is 0.293 e. The Morgan fingerprint density at radius 1 is 1.07 bits per heavy atom. The largest absolute Gasteiger partial charge is 0.508 e. The Bertz CT molecular complexity index is 1120. The van der Waals surface area contributed by atoms with Gasteiger partial charge in [-0.3, -0.25) is 14.5 Å². The molecule has 0 bridgehead atoms. The number of aromatic nitrogens is 1. The summed E-state index contributed by atoms with van der Waals surface area (Å²) in [6.07, 6.45) is 3.42. The van der Waals surface area contributed by atoms with E-state index in [2.05, 4.69) is 0 Å². The Morgan fingerprint density at radius 2 is 1.83 bits per heavy atom. The smallest absolute Gasteiger partial charge is 0.293 e. The highest BCUT2D eigenvalue weighted by Gasteiger charge is 2.36. The van der Waals surface area contributed by atoms with Gasteiger partial charge in [-0.1, -0.05) is 17.7 Å². The van der Waals surface area contributed by atoms with Crippen molar-refractivity contribution in [3.63, 3.8) is 0 Å². The van der Waals surface area contributed by atoms with Crippen molar-refractivity contribution >= 4 is 40.6 Å². The second-order valence-corrected chi connectivity index (χ2v) is 7.69. The summed E-state index contributed by atoms with van der Waals surface area (Å²) in [6.45, 7) is -0.230. The minimum Gasteiger partial charge on any atom is -0.508 e. The van der Waals surface area contributed by atoms with Crippen molar-refractivity contribution in [1.82, 2.24) is 9.47 Å². The van der Waals surface area contributed by atoms with Crippen LogP contribution in [0.4, 0.5) is 9.18 Å². The molecular formula is C21H14ClFN2O3S. The van der Waals surface area contributed by atoms with E-state index < -0.39 is 17.0 Å². The number of hydrogen-bond acceptors (Lipinski definition) is 4. The van der Waals surface area contributed by atoms with Gasteiger partial charge in [-0.25, -0.2) is 4.39 Å². The van der Waals surface area contributed by atoms with E-state index in [1.54, 1.807) is 36.4 Å². The maximum atomic E-state index is 14.1.